The Kier molecular flexibility index (Phi) is 5.94. The van der Waals surface area contributed by atoms with Crippen molar-refractivity contribution < 1.29 is 13.2 Å². The lowest BCUT2D eigenvalue weighted by Crippen LogP contribution is -2.31. The third-order valence-electron chi connectivity index (χ3n) is 6.87. The van der Waals surface area contributed by atoms with Crippen molar-refractivity contribution in [3.63, 3.8) is 0 Å². The summed E-state index contributed by atoms with van der Waals surface area (Å²) in [5, 5.41) is 20.2. The van der Waals surface area contributed by atoms with E-state index in [0.717, 1.165) is 25.7 Å². The third kappa shape index (κ3) is 4.19. The molecule has 0 unspecified atom stereocenters. The molecule has 2 N–H and O–H groups in total. The number of hydrogen-bond donors (Lipinski definition) is 2. The SMILES string of the molecule is CNc1nc(NC2CCC(C)(C#N)CC2)nn2cc(F)c(-c3ccc4nc(C)n(CC(F)F)c4n3)c12. The number of fused-ring (bicyclic) bond motifs is 2. The minimum Gasteiger partial charge on any atom is -0.371 e. The summed E-state index contributed by atoms with van der Waals surface area (Å²) in [4.78, 5) is 13.4. The zero-order chi connectivity index (χ0) is 25.6. The van der Waals surface area contributed by atoms with Crippen molar-refractivity contribution >= 4 is 28.4 Å². The van der Waals surface area contributed by atoms with Gasteiger partial charge in [0, 0.05) is 13.1 Å². The second-order valence-electron chi connectivity index (χ2n) is 9.47. The first kappa shape index (κ1) is 23.8. The number of halogens is 3. The summed E-state index contributed by atoms with van der Waals surface area (Å²) in [5.41, 5.74) is 1.21. The lowest BCUT2D eigenvalue weighted by molar-refractivity contribution is 0.127. The van der Waals surface area contributed by atoms with Crippen LogP contribution >= 0.6 is 0 Å². The molecule has 4 heterocycles. The van der Waals surface area contributed by atoms with Gasteiger partial charge in [0.2, 0.25) is 5.95 Å². The summed E-state index contributed by atoms with van der Waals surface area (Å²) < 4.78 is 44.3. The van der Waals surface area contributed by atoms with Crippen molar-refractivity contribution in [1.82, 2.24) is 29.1 Å². The maximum atomic E-state index is 15.3. The van der Waals surface area contributed by atoms with Gasteiger partial charge in [0.05, 0.1) is 35.5 Å². The van der Waals surface area contributed by atoms with Gasteiger partial charge in [-0.2, -0.15) is 10.2 Å². The summed E-state index contributed by atoms with van der Waals surface area (Å²) in [6.45, 7) is 3.06. The first-order valence-corrected chi connectivity index (χ1v) is 11.8. The van der Waals surface area contributed by atoms with Crippen LogP contribution in [-0.2, 0) is 6.54 Å². The Labute approximate surface area is 205 Å². The Hall–Kier alpha value is -3.88. The number of nitrogens with zero attached hydrogens (tertiary/aromatic N) is 7. The van der Waals surface area contributed by atoms with Crippen LogP contribution in [-0.4, -0.2) is 48.6 Å². The molecule has 4 aromatic rings. The highest BCUT2D eigenvalue weighted by atomic mass is 19.3. The Morgan fingerprint density at radius 3 is 2.64 bits per heavy atom. The molecule has 1 aliphatic carbocycles. The lowest BCUT2D eigenvalue weighted by Gasteiger charge is -2.32. The van der Waals surface area contributed by atoms with E-state index in [1.165, 1.54) is 15.3 Å². The molecule has 9 nitrogen and oxygen atoms in total. The zero-order valence-electron chi connectivity index (χ0n) is 20.2. The molecular weight excluding hydrogens is 471 g/mol. The number of hydrogen-bond acceptors (Lipinski definition) is 7. The second kappa shape index (κ2) is 8.96. The smallest absolute Gasteiger partial charge is 0.256 e. The average Bonchev–Trinajstić information content (AvgIpc) is 3.34. The molecule has 0 spiro atoms. The van der Waals surface area contributed by atoms with Crippen molar-refractivity contribution in [3.8, 4) is 17.3 Å². The molecule has 0 bridgehead atoms. The maximum absolute atomic E-state index is 15.3. The molecule has 188 valence electrons. The topological polar surface area (TPSA) is 109 Å². The molecular formula is C24H26F3N9. The van der Waals surface area contributed by atoms with E-state index in [0.29, 0.717) is 28.6 Å². The van der Waals surface area contributed by atoms with Crippen LogP contribution in [0.15, 0.2) is 18.3 Å². The van der Waals surface area contributed by atoms with E-state index in [-0.39, 0.29) is 28.4 Å². The normalized spacial score (nSPS) is 20.2. The van der Waals surface area contributed by atoms with E-state index in [4.69, 9.17) is 0 Å². The fraction of sp³-hybridized carbons (Fsp3) is 0.458. The lowest BCUT2D eigenvalue weighted by atomic mass is 9.75. The number of aryl methyl sites for hydroxylation is 1. The quantitative estimate of drug-likeness (QED) is 0.395. The number of imidazole rings is 1. The molecule has 0 amide bonds. The van der Waals surface area contributed by atoms with Crippen molar-refractivity contribution in [3.05, 3.63) is 30.0 Å². The van der Waals surface area contributed by atoms with Gasteiger partial charge in [-0.05, 0) is 51.7 Å². The highest BCUT2D eigenvalue weighted by Gasteiger charge is 2.31. The summed E-state index contributed by atoms with van der Waals surface area (Å²) >= 11 is 0. The van der Waals surface area contributed by atoms with Crippen LogP contribution in [0.5, 0.6) is 0 Å². The zero-order valence-corrected chi connectivity index (χ0v) is 20.2. The fourth-order valence-electron chi connectivity index (χ4n) is 4.84. The van der Waals surface area contributed by atoms with Crippen LogP contribution < -0.4 is 10.6 Å². The number of rotatable bonds is 6. The Morgan fingerprint density at radius 2 is 1.97 bits per heavy atom. The Bertz CT molecular complexity index is 1480. The number of pyridine rings is 1. The number of anilines is 2. The van der Waals surface area contributed by atoms with Gasteiger partial charge < -0.3 is 15.2 Å². The molecule has 4 aromatic heterocycles. The molecule has 0 aromatic carbocycles. The number of alkyl halides is 2. The van der Waals surface area contributed by atoms with Crippen molar-refractivity contribution in [2.24, 2.45) is 5.41 Å². The Morgan fingerprint density at radius 1 is 1.22 bits per heavy atom. The summed E-state index contributed by atoms with van der Waals surface area (Å²) in [7, 11) is 1.68. The average molecular weight is 498 g/mol. The van der Waals surface area contributed by atoms with Crippen molar-refractivity contribution in [2.45, 2.75) is 58.5 Å². The Balaban J connectivity index is 1.53. The fourth-order valence-corrected chi connectivity index (χ4v) is 4.84. The van der Waals surface area contributed by atoms with E-state index < -0.39 is 18.8 Å². The van der Waals surface area contributed by atoms with E-state index in [2.05, 4.69) is 36.8 Å². The van der Waals surface area contributed by atoms with Gasteiger partial charge in [0.1, 0.15) is 16.9 Å². The van der Waals surface area contributed by atoms with E-state index >= 15 is 4.39 Å². The molecule has 5 rings (SSSR count). The van der Waals surface area contributed by atoms with Crippen molar-refractivity contribution in [1.29, 1.82) is 5.26 Å². The van der Waals surface area contributed by atoms with Crippen LogP contribution in [0, 0.1) is 29.5 Å². The number of nitrogens with one attached hydrogen (secondary N) is 2. The number of nitriles is 1. The van der Waals surface area contributed by atoms with Gasteiger partial charge >= 0.3 is 0 Å². The maximum Gasteiger partial charge on any atom is 0.256 e. The number of aromatic nitrogens is 6. The van der Waals surface area contributed by atoms with Gasteiger partial charge in [-0.1, -0.05) is 0 Å². The molecule has 36 heavy (non-hydrogen) atoms. The molecule has 0 saturated heterocycles. The summed E-state index contributed by atoms with van der Waals surface area (Å²) in [6.07, 6.45) is 1.84. The second-order valence-corrected chi connectivity index (χ2v) is 9.47. The standard InChI is InChI=1S/C24H26F3N9/c1-13-30-17-5-4-16(32-22(17)35(13)11-18(26)27)19-15(25)10-36-20(19)21(29-3)33-23(34-36)31-14-6-8-24(2,12-28)9-7-14/h4-5,10,14,18H,6-9,11H2,1-3H3,(H2,29,31,33,34). The van der Waals surface area contributed by atoms with Gasteiger partial charge in [-0.15, -0.1) is 5.10 Å². The summed E-state index contributed by atoms with van der Waals surface area (Å²) in [5.74, 6) is 0.574. The van der Waals surface area contributed by atoms with Crippen LogP contribution in [0.25, 0.3) is 27.9 Å². The monoisotopic (exact) mass is 497 g/mol. The molecule has 0 atom stereocenters. The van der Waals surface area contributed by atoms with Gasteiger partial charge in [-0.25, -0.2) is 27.7 Å². The van der Waals surface area contributed by atoms with Crippen LogP contribution in [0.1, 0.15) is 38.4 Å². The van der Waals surface area contributed by atoms with E-state index in [1.807, 2.05) is 6.92 Å². The van der Waals surface area contributed by atoms with Gasteiger partial charge in [0.25, 0.3) is 6.43 Å². The predicted octanol–water partition coefficient (Wildman–Crippen LogP) is 4.78. The highest BCUT2D eigenvalue weighted by molar-refractivity contribution is 5.89. The van der Waals surface area contributed by atoms with Crippen LogP contribution in [0.3, 0.4) is 0 Å². The summed E-state index contributed by atoms with van der Waals surface area (Å²) in [6, 6.07) is 5.75. The molecule has 1 fully saturated rings. The molecule has 0 radical (unpaired) electrons. The van der Waals surface area contributed by atoms with Gasteiger partial charge in [-0.3, -0.25) is 0 Å². The van der Waals surface area contributed by atoms with Crippen molar-refractivity contribution in [2.75, 3.05) is 17.7 Å². The highest BCUT2D eigenvalue weighted by Crippen LogP contribution is 2.37. The van der Waals surface area contributed by atoms with Crippen LogP contribution in [0.4, 0.5) is 24.9 Å². The minimum absolute atomic E-state index is 0.107. The molecule has 0 aliphatic heterocycles. The first-order chi connectivity index (χ1) is 17.2. The predicted molar refractivity (Wildman–Crippen MR) is 129 cm³/mol. The van der Waals surface area contributed by atoms with Gasteiger partial charge in [0.15, 0.2) is 17.3 Å². The minimum atomic E-state index is -2.58. The first-order valence-electron chi connectivity index (χ1n) is 11.8. The third-order valence-corrected chi connectivity index (χ3v) is 6.87. The molecule has 1 aliphatic rings. The molecule has 1 saturated carbocycles. The van der Waals surface area contributed by atoms with Crippen LogP contribution in [0.2, 0.25) is 0 Å². The van der Waals surface area contributed by atoms with E-state index in [1.54, 1.807) is 26.1 Å². The largest absolute Gasteiger partial charge is 0.371 e. The van der Waals surface area contributed by atoms with E-state index in [9.17, 15) is 14.0 Å². The molecule has 12 heteroatoms.